The van der Waals surface area contributed by atoms with E-state index in [-0.39, 0.29) is 0 Å². The van der Waals surface area contributed by atoms with Crippen LogP contribution in [0.25, 0.3) is 0 Å². The van der Waals surface area contributed by atoms with Gasteiger partial charge in [0.25, 0.3) is 0 Å². The average Bonchev–Trinajstić information content (AvgIpc) is 3.11. The Hall–Kier alpha value is -1.55. The molecule has 4 nitrogen and oxygen atoms in total. The van der Waals surface area contributed by atoms with Crippen LogP contribution in [0.1, 0.15) is 57.3 Å². The maximum absolute atomic E-state index is 4.27. The van der Waals surface area contributed by atoms with Crippen LogP contribution in [0.5, 0.6) is 0 Å². The van der Waals surface area contributed by atoms with Gasteiger partial charge in [0.1, 0.15) is 0 Å². The Morgan fingerprint density at radius 3 is 2.81 bits per heavy atom. The lowest BCUT2D eigenvalue weighted by molar-refractivity contribution is 0.517. The third-order valence-corrected chi connectivity index (χ3v) is 3.83. The van der Waals surface area contributed by atoms with Crippen LogP contribution in [-0.4, -0.2) is 20.7 Å². The second kappa shape index (κ2) is 8.03. The van der Waals surface area contributed by atoms with Crippen molar-refractivity contribution in [3.63, 3.8) is 0 Å². The number of aromatic nitrogens is 3. The summed E-state index contributed by atoms with van der Waals surface area (Å²) < 4.78 is 4.50. The predicted molar refractivity (Wildman–Crippen MR) is 87.4 cm³/mol. The molecule has 2 heterocycles. The SMILES string of the molecule is CCCNC(CC)c1ccn(Cc2cncn2CCC)c1. The number of imidazole rings is 1. The molecule has 1 N–H and O–H groups in total. The van der Waals surface area contributed by atoms with E-state index in [0.717, 1.165) is 32.5 Å². The van der Waals surface area contributed by atoms with Crippen LogP contribution in [0.3, 0.4) is 0 Å². The maximum atomic E-state index is 4.27. The van der Waals surface area contributed by atoms with Crippen LogP contribution >= 0.6 is 0 Å². The van der Waals surface area contributed by atoms with Gasteiger partial charge in [-0.2, -0.15) is 0 Å². The third kappa shape index (κ3) is 4.21. The van der Waals surface area contributed by atoms with E-state index in [4.69, 9.17) is 0 Å². The number of hydrogen-bond donors (Lipinski definition) is 1. The molecule has 1 unspecified atom stereocenters. The molecule has 2 aromatic heterocycles. The van der Waals surface area contributed by atoms with Crippen LogP contribution in [0, 0.1) is 0 Å². The van der Waals surface area contributed by atoms with E-state index in [1.54, 1.807) is 0 Å². The van der Waals surface area contributed by atoms with E-state index in [9.17, 15) is 0 Å². The van der Waals surface area contributed by atoms with E-state index >= 15 is 0 Å². The fourth-order valence-corrected chi connectivity index (χ4v) is 2.69. The molecule has 0 aliphatic rings. The van der Waals surface area contributed by atoms with Crippen LogP contribution in [0.2, 0.25) is 0 Å². The molecule has 0 amide bonds. The lowest BCUT2D eigenvalue weighted by Crippen LogP contribution is -2.21. The van der Waals surface area contributed by atoms with E-state index in [2.05, 4.69) is 58.7 Å². The van der Waals surface area contributed by atoms with Crippen LogP contribution < -0.4 is 5.32 Å². The number of nitrogens with one attached hydrogen (secondary N) is 1. The second-order valence-corrected chi connectivity index (χ2v) is 5.61. The Kier molecular flexibility index (Phi) is 6.05. The third-order valence-electron chi connectivity index (χ3n) is 3.83. The molecule has 0 bridgehead atoms. The minimum Gasteiger partial charge on any atom is -0.348 e. The summed E-state index contributed by atoms with van der Waals surface area (Å²) in [6.45, 7) is 9.65. The van der Waals surface area contributed by atoms with Gasteiger partial charge in [0, 0.05) is 31.2 Å². The first-order valence-electron chi connectivity index (χ1n) is 8.16. The monoisotopic (exact) mass is 288 g/mol. The molecular weight excluding hydrogens is 260 g/mol. The molecular formula is C17H28N4. The zero-order chi connectivity index (χ0) is 15.1. The molecule has 0 fully saturated rings. The lowest BCUT2D eigenvalue weighted by atomic mass is 10.1. The molecule has 2 rings (SSSR count). The standard InChI is InChI=1S/C17H28N4/c1-4-8-19-17(6-3)15-7-10-20(12-15)13-16-11-18-14-21(16)9-5-2/h7,10-12,14,17,19H,4-6,8-9,13H2,1-3H3. The first-order chi connectivity index (χ1) is 10.3. The van der Waals surface area contributed by atoms with Crippen LogP contribution in [0.15, 0.2) is 31.0 Å². The molecule has 0 aromatic carbocycles. The fraction of sp³-hybridized carbons (Fsp3) is 0.588. The maximum Gasteiger partial charge on any atom is 0.0948 e. The van der Waals surface area contributed by atoms with Crippen LogP contribution in [0.4, 0.5) is 0 Å². The predicted octanol–water partition coefficient (Wildman–Crippen LogP) is 3.59. The zero-order valence-electron chi connectivity index (χ0n) is 13.5. The lowest BCUT2D eigenvalue weighted by Gasteiger charge is -2.15. The van der Waals surface area contributed by atoms with Gasteiger partial charge in [-0.1, -0.05) is 20.8 Å². The second-order valence-electron chi connectivity index (χ2n) is 5.61. The summed E-state index contributed by atoms with van der Waals surface area (Å²) in [5.74, 6) is 0. The number of hydrogen-bond acceptors (Lipinski definition) is 2. The Balaban J connectivity index is 2.03. The van der Waals surface area contributed by atoms with Gasteiger partial charge in [-0.3, -0.25) is 0 Å². The van der Waals surface area contributed by atoms with Gasteiger partial charge in [-0.05, 0) is 37.4 Å². The van der Waals surface area contributed by atoms with E-state index in [1.165, 1.54) is 17.7 Å². The molecule has 0 saturated carbocycles. The first-order valence-corrected chi connectivity index (χ1v) is 8.16. The molecule has 4 heteroatoms. The van der Waals surface area contributed by atoms with Crippen molar-refractivity contribution in [2.75, 3.05) is 6.54 Å². The van der Waals surface area contributed by atoms with E-state index in [1.807, 2.05) is 12.5 Å². The molecule has 0 aliphatic carbocycles. The number of rotatable bonds is 9. The van der Waals surface area contributed by atoms with Crippen LogP contribution in [-0.2, 0) is 13.1 Å². The molecule has 21 heavy (non-hydrogen) atoms. The zero-order valence-corrected chi connectivity index (χ0v) is 13.5. The van der Waals surface area contributed by atoms with Crippen molar-refractivity contribution >= 4 is 0 Å². The largest absolute Gasteiger partial charge is 0.348 e. The number of aryl methyl sites for hydroxylation is 1. The Morgan fingerprint density at radius 2 is 2.10 bits per heavy atom. The number of nitrogens with zero attached hydrogens (tertiary/aromatic N) is 3. The van der Waals surface area contributed by atoms with Crippen molar-refractivity contribution in [1.82, 2.24) is 19.4 Å². The first kappa shape index (κ1) is 15.8. The highest BCUT2D eigenvalue weighted by Crippen LogP contribution is 2.17. The summed E-state index contributed by atoms with van der Waals surface area (Å²) in [7, 11) is 0. The van der Waals surface area contributed by atoms with Gasteiger partial charge in [0.05, 0.1) is 18.6 Å². The highest BCUT2D eigenvalue weighted by atomic mass is 15.1. The molecule has 0 aliphatic heterocycles. The average molecular weight is 288 g/mol. The van der Waals surface area contributed by atoms with Crippen molar-refractivity contribution in [2.45, 2.75) is 59.2 Å². The smallest absolute Gasteiger partial charge is 0.0948 e. The van der Waals surface area contributed by atoms with Gasteiger partial charge in [0.15, 0.2) is 0 Å². The Labute approximate surface area is 128 Å². The highest BCUT2D eigenvalue weighted by Gasteiger charge is 2.10. The van der Waals surface area contributed by atoms with Crippen molar-refractivity contribution in [3.05, 3.63) is 42.2 Å². The van der Waals surface area contributed by atoms with Gasteiger partial charge in [-0.15, -0.1) is 0 Å². The fourth-order valence-electron chi connectivity index (χ4n) is 2.69. The summed E-state index contributed by atoms with van der Waals surface area (Å²) in [6, 6.07) is 2.70. The summed E-state index contributed by atoms with van der Waals surface area (Å²) in [6.07, 6.45) is 11.8. The van der Waals surface area contributed by atoms with Gasteiger partial charge >= 0.3 is 0 Å². The summed E-state index contributed by atoms with van der Waals surface area (Å²) >= 11 is 0. The highest BCUT2D eigenvalue weighted by molar-refractivity contribution is 5.16. The molecule has 0 saturated heterocycles. The summed E-state index contributed by atoms with van der Waals surface area (Å²) in [4.78, 5) is 4.27. The Bertz CT molecular complexity index is 526. The molecule has 0 spiro atoms. The van der Waals surface area contributed by atoms with Crippen molar-refractivity contribution in [3.8, 4) is 0 Å². The molecule has 116 valence electrons. The molecule has 2 aromatic rings. The van der Waals surface area contributed by atoms with Crippen molar-refractivity contribution in [2.24, 2.45) is 0 Å². The van der Waals surface area contributed by atoms with Gasteiger partial charge in [-0.25, -0.2) is 4.98 Å². The van der Waals surface area contributed by atoms with Crippen molar-refractivity contribution < 1.29 is 0 Å². The van der Waals surface area contributed by atoms with Gasteiger partial charge in [0.2, 0.25) is 0 Å². The van der Waals surface area contributed by atoms with E-state index < -0.39 is 0 Å². The topological polar surface area (TPSA) is 34.8 Å². The quantitative estimate of drug-likeness (QED) is 0.765. The summed E-state index contributed by atoms with van der Waals surface area (Å²) in [5, 5.41) is 3.61. The van der Waals surface area contributed by atoms with E-state index in [0.29, 0.717) is 6.04 Å². The minimum absolute atomic E-state index is 0.465. The van der Waals surface area contributed by atoms with Gasteiger partial charge < -0.3 is 14.5 Å². The minimum atomic E-state index is 0.465. The Morgan fingerprint density at radius 1 is 1.24 bits per heavy atom. The van der Waals surface area contributed by atoms with Crippen molar-refractivity contribution in [1.29, 1.82) is 0 Å². The normalized spacial score (nSPS) is 12.7. The molecule has 0 radical (unpaired) electrons. The summed E-state index contributed by atoms with van der Waals surface area (Å²) in [5.41, 5.74) is 2.65. The molecule has 1 atom stereocenters.